The van der Waals surface area contributed by atoms with E-state index in [9.17, 15) is 9.59 Å². The highest BCUT2D eigenvalue weighted by Crippen LogP contribution is 2.33. The van der Waals surface area contributed by atoms with E-state index in [4.69, 9.17) is 9.25 Å². The lowest BCUT2D eigenvalue weighted by molar-refractivity contribution is 0.0915. The number of hydroxylamine groups is 1. The maximum Gasteiger partial charge on any atom is 0.337 e. The lowest BCUT2D eigenvalue weighted by atomic mass is 9.81. The number of hydrogen-bond donors (Lipinski definition) is 1. The van der Waals surface area contributed by atoms with Crippen molar-refractivity contribution in [1.29, 1.82) is 0 Å². The lowest BCUT2D eigenvalue weighted by Crippen LogP contribution is -2.41. The van der Waals surface area contributed by atoms with Crippen LogP contribution in [0.2, 0.25) is 0 Å². The second-order valence-electron chi connectivity index (χ2n) is 5.48. The van der Waals surface area contributed by atoms with Crippen molar-refractivity contribution in [3.05, 3.63) is 40.0 Å². The number of rotatable bonds is 4. The molecule has 6 nitrogen and oxygen atoms in total. The summed E-state index contributed by atoms with van der Waals surface area (Å²) in [7, 11) is 1.42. The fraction of sp³-hybridized carbons (Fsp3) is 0.467. The molecule has 1 fully saturated rings. The molecule has 1 aromatic rings. The molecule has 2 heterocycles. The van der Waals surface area contributed by atoms with Crippen molar-refractivity contribution >= 4 is 11.8 Å². The van der Waals surface area contributed by atoms with Crippen molar-refractivity contribution in [2.45, 2.75) is 32.1 Å². The molecule has 0 unspecified atom stereocenters. The van der Waals surface area contributed by atoms with Crippen LogP contribution in [0.1, 0.15) is 41.6 Å². The standard InChI is InChI=1S/C15H18N2O4/c1-9-16-14(19)13-11(7-6-10-4-3-5-10)8-12(18)21-15(13)17(9)20-2/h8,10H,1,3-7H2,2H3,(H,16,19). The monoisotopic (exact) mass is 290 g/mol. The molecule has 6 heteroatoms. The van der Waals surface area contributed by atoms with Gasteiger partial charge in [-0.1, -0.05) is 25.8 Å². The van der Waals surface area contributed by atoms with Crippen molar-refractivity contribution in [1.82, 2.24) is 5.32 Å². The van der Waals surface area contributed by atoms with E-state index in [-0.39, 0.29) is 17.6 Å². The Balaban J connectivity index is 1.98. The summed E-state index contributed by atoms with van der Waals surface area (Å²) in [6.07, 6.45) is 5.41. The molecule has 0 radical (unpaired) electrons. The van der Waals surface area contributed by atoms with Crippen LogP contribution in [0.5, 0.6) is 0 Å². The third-order valence-corrected chi connectivity index (χ3v) is 4.17. The van der Waals surface area contributed by atoms with Gasteiger partial charge in [-0.3, -0.25) is 9.63 Å². The van der Waals surface area contributed by atoms with Gasteiger partial charge in [-0.05, 0) is 24.3 Å². The zero-order valence-corrected chi connectivity index (χ0v) is 12.0. The van der Waals surface area contributed by atoms with E-state index in [2.05, 4.69) is 11.9 Å². The second-order valence-corrected chi connectivity index (χ2v) is 5.48. The van der Waals surface area contributed by atoms with E-state index >= 15 is 0 Å². The molecular formula is C15H18N2O4. The van der Waals surface area contributed by atoms with Crippen LogP contribution >= 0.6 is 0 Å². The number of nitrogens with one attached hydrogen (secondary N) is 1. The quantitative estimate of drug-likeness (QED) is 0.917. The number of amides is 1. The summed E-state index contributed by atoms with van der Waals surface area (Å²) in [5.74, 6) is 0.736. The normalized spacial score (nSPS) is 18.2. The molecule has 0 saturated heterocycles. The number of fused-ring (bicyclic) bond motifs is 1. The van der Waals surface area contributed by atoms with Gasteiger partial charge in [0, 0.05) is 6.07 Å². The number of nitrogens with zero attached hydrogens (tertiary/aromatic N) is 1. The number of anilines is 1. The molecule has 1 aromatic heterocycles. The van der Waals surface area contributed by atoms with Crippen LogP contribution < -0.4 is 16.0 Å². The molecule has 1 aliphatic heterocycles. The summed E-state index contributed by atoms with van der Waals surface area (Å²) < 4.78 is 5.16. The largest absolute Gasteiger partial charge is 0.403 e. The van der Waals surface area contributed by atoms with Gasteiger partial charge >= 0.3 is 5.63 Å². The minimum Gasteiger partial charge on any atom is -0.403 e. The summed E-state index contributed by atoms with van der Waals surface area (Å²) >= 11 is 0. The highest BCUT2D eigenvalue weighted by atomic mass is 16.7. The van der Waals surface area contributed by atoms with Gasteiger partial charge in [0.05, 0.1) is 7.11 Å². The zero-order valence-electron chi connectivity index (χ0n) is 12.0. The highest BCUT2D eigenvalue weighted by Gasteiger charge is 2.32. The van der Waals surface area contributed by atoms with E-state index < -0.39 is 5.63 Å². The molecule has 0 bridgehead atoms. The second kappa shape index (κ2) is 5.37. The van der Waals surface area contributed by atoms with Gasteiger partial charge in [-0.2, -0.15) is 5.06 Å². The van der Waals surface area contributed by atoms with Crippen molar-refractivity contribution in [3.8, 4) is 0 Å². The number of hydrogen-bond acceptors (Lipinski definition) is 5. The molecule has 0 atom stereocenters. The SMILES string of the molecule is C=C1NC(=O)c2c(CCC3CCC3)cc(=O)oc2N1OC. The summed E-state index contributed by atoms with van der Waals surface area (Å²) in [4.78, 5) is 29.1. The molecule has 0 spiro atoms. The molecule has 1 amide bonds. The minimum absolute atomic E-state index is 0.113. The predicted molar refractivity (Wildman–Crippen MR) is 76.7 cm³/mol. The first kappa shape index (κ1) is 13.9. The smallest absolute Gasteiger partial charge is 0.337 e. The predicted octanol–water partition coefficient (Wildman–Crippen LogP) is 1.95. The molecule has 112 valence electrons. The Kier molecular flexibility index (Phi) is 3.55. The summed E-state index contributed by atoms with van der Waals surface area (Å²) in [6.45, 7) is 3.68. The Morgan fingerprint density at radius 3 is 2.86 bits per heavy atom. The maximum absolute atomic E-state index is 12.2. The van der Waals surface area contributed by atoms with Gasteiger partial charge in [0.25, 0.3) is 5.91 Å². The fourth-order valence-electron chi connectivity index (χ4n) is 2.81. The number of aryl methyl sites for hydroxylation is 1. The minimum atomic E-state index is -0.484. The third-order valence-electron chi connectivity index (χ3n) is 4.17. The van der Waals surface area contributed by atoms with Gasteiger partial charge in [0.2, 0.25) is 5.88 Å². The average Bonchev–Trinajstić information content (AvgIpc) is 2.36. The van der Waals surface area contributed by atoms with Crippen LogP contribution in [0.3, 0.4) is 0 Å². The van der Waals surface area contributed by atoms with E-state index in [1.165, 1.54) is 37.5 Å². The first-order valence-electron chi connectivity index (χ1n) is 7.11. The van der Waals surface area contributed by atoms with Crippen LogP contribution in [0.25, 0.3) is 0 Å². The van der Waals surface area contributed by atoms with Gasteiger partial charge in [-0.15, -0.1) is 0 Å². The Morgan fingerprint density at radius 1 is 1.48 bits per heavy atom. The van der Waals surface area contributed by atoms with Crippen LogP contribution in [-0.2, 0) is 11.3 Å². The van der Waals surface area contributed by atoms with Gasteiger partial charge in [0.15, 0.2) is 0 Å². The molecule has 1 saturated carbocycles. The third kappa shape index (κ3) is 2.47. The molecule has 1 N–H and O–H groups in total. The molecule has 3 rings (SSSR count). The number of carbonyl (C=O) groups excluding carboxylic acids is 1. The van der Waals surface area contributed by atoms with Crippen LogP contribution in [0.15, 0.2) is 27.7 Å². The molecule has 1 aliphatic carbocycles. The summed E-state index contributed by atoms with van der Waals surface area (Å²) in [6, 6.07) is 1.40. The zero-order chi connectivity index (χ0) is 15.0. The summed E-state index contributed by atoms with van der Waals surface area (Å²) in [5.41, 5.74) is 0.588. The molecule has 0 aromatic carbocycles. The molecular weight excluding hydrogens is 272 g/mol. The van der Waals surface area contributed by atoms with E-state index in [1.807, 2.05) is 0 Å². The van der Waals surface area contributed by atoms with E-state index in [1.54, 1.807) is 0 Å². The first-order chi connectivity index (χ1) is 10.1. The Hall–Kier alpha value is -2.08. The van der Waals surface area contributed by atoms with Crippen LogP contribution in [0.4, 0.5) is 5.88 Å². The lowest BCUT2D eigenvalue weighted by Gasteiger charge is -2.30. The van der Waals surface area contributed by atoms with Crippen LogP contribution in [-0.4, -0.2) is 13.0 Å². The fourth-order valence-corrected chi connectivity index (χ4v) is 2.81. The van der Waals surface area contributed by atoms with Crippen molar-refractivity contribution < 1.29 is 14.0 Å². The average molecular weight is 290 g/mol. The highest BCUT2D eigenvalue weighted by molar-refractivity contribution is 6.03. The summed E-state index contributed by atoms with van der Waals surface area (Å²) in [5, 5.41) is 3.84. The molecule has 2 aliphatic rings. The van der Waals surface area contributed by atoms with Gasteiger partial charge in [0.1, 0.15) is 11.4 Å². The Morgan fingerprint density at radius 2 is 2.24 bits per heavy atom. The maximum atomic E-state index is 12.2. The van der Waals surface area contributed by atoms with Gasteiger partial charge in [-0.25, -0.2) is 4.79 Å². The first-order valence-corrected chi connectivity index (χ1v) is 7.11. The number of carbonyl (C=O) groups is 1. The topological polar surface area (TPSA) is 71.8 Å². The Labute approximate surface area is 122 Å². The van der Waals surface area contributed by atoms with Crippen molar-refractivity contribution in [2.75, 3.05) is 12.2 Å². The molecule has 21 heavy (non-hydrogen) atoms. The van der Waals surface area contributed by atoms with Crippen molar-refractivity contribution in [3.63, 3.8) is 0 Å². The van der Waals surface area contributed by atoms with Crippen LogP contribution in [0, 0.1) is 5.92 Å². The Bertz CT molecular complexity index is 646. The van der Waals surface area contributed by atoms with Gasteiger partial charge < -0.3 is 9.73 Å². The van der Waals surface area contributed by atoms with Crippen molar-refractivity contribution in [2.24, 2.45) is 5.92 Å². The van der Waals surface area contributed by atoms with E-state index in [0.717, 1.165) is 6.42 Å². The van der Waals surface area contributed by atoms with E-state index in [0.29, 0.717) is 23.5 Å².